The quantitative estimate of drug-likeness (QED) is 0.539. The Balaban J connectivity index is 2.53. The Labute approximate surface area is 130 Å². The molecule has 1 amide bonds. The van der Waals surface area contributed by atoms with E-state index in [-0.39, 0.29) is 11.9 Å². The Kier molecular flexibility index (Phi) is 6.99. The largest absolute Gasteiger partial charge is 0.373 e. The zero-order chi connectivity index (χ0) is 13.5. The molecule has 0 aliphatic heterocycles. The van der Waals surface area contributed by atoms with Gasteiger partial charge in [-0.15, -0.1) is 0 Å². The van der Waals surface area contributed by atoms with Crippen LogP contribution >= 0.6 is 38.5 Å². The van der Waals surface area contributed by atoms with Gasteiger partial charge in [0.05, 0.1) is 0 Å². The molecule has 0 aromatic heterocycles. The van der Waals surface area contributed by atoms with Crippen molar-refractivity contribution in [2.24, 2.45) is 0 Å². The number of carbonyl (C=O) groups excluding carboxylic acids is 1. The second kappa shape index (κ2) is 7.99. The summed E-state index contributed by atoms with van der Waals surface area (Å²) in [5.74, 6) is 0.0360. The highest BCUT2D eigenvalue weighted by molar-refractivity contribution is 14.1. The lowest BCUT2D eigenvalue weighted by Gasteiger charge is -2.16. The highest BCUT2D eigenvalue weighted by Crippen LogP contribution is 2.24. The van der Waals surface area contributed by atoms with Crippen molar-refractivity contribution in [1.29, 1.82) is 0 Å². The van der Waals surface area contributed by atoms with Gasteiger partial charge in [-0.1, -0.05) is 13.3 Å². The van der Waals surface area contributed by atoms with Crippen LogP contribution in [-0.2, 0) is 4.79 Å². The second-order valence-electron chi connectivity index (χ2n) is 4.13. The van der Waals surface area contributed by atoms with Crippen molar-refractivity contribution in [3.63, 3.8) is 0 Å². The molecule has 1 aromatic rings. The van der Waals surface area contributed by atoms with Gasteiger partial charge < -0.3 is 10.6 Å². The molecule has 0 heterocycles. The molecular formula is C13H18BrIN2O. The van der Waals surface area contributed by atoms with E-state index in [1.807, 2.05) is 25.1 Å². The smallest absolute Gasteiger partial charge is 0.242 e. The first-order valence-electron chi connectivity index (χ1n) is 6.04. The third-order valence-corrected chi connectivity index (χ3v) is 3.85. The summed E-state index contributed by atoms with van der Waals surface area (Å²) in [6.45, 7) is 4.72. The zero-order valence-corrected chi connectivity index (χ0v) is 14.3. The third kappa shape index (κ3) is 5.14. The van der Waals surface area contributed by atoms with Crippen molar-refractivity contribution in [3.8, 4) is 0 Å². The summed E-state index contributed by atoms with van der Waals surface area (Å²) in [6, 6.07) is 5.76. The van der Waals surface area contributed by atoms with Crippen LogP contribution in [-0.4, -0.2) is 18.5 Å². The highest BCUT2D eigenvalue weighted by Gasteiger charge is 2.13. The summed E-state index contributed by atoms with van der Waals surface area (Å²) < 4.78 is 2.13. The Morgan fingerprint density at radius 1 is 1.50 bits per heavy atom. The molecule has 0 aliphatic rings. The van der Waals surface area contributed by atoms with Gasteiger partial charge in [-0.3, -0.25) is 4.79 Å². The first-order chi connectivity index (χ1) is 8.54. The molecule has 1 atom stereocenters. The maximum absolute atomic E-state index is 11.8. The van der Waals surface area contributed by atoms with E-state index in [4.69, 9.17) is 0 Å². The van der Waals surface area contributed by atoms with E-state index in [1.165, 1.54) is 0 Å². The van der Waals surface area contributed by atoms with E-state index in [1.54, 1.807) is 0 Å². The first kappa shape index (κ1) is 15.8. The van der Waals surface area contributed by atoms with E-state index < -0.39 is 0 Å². The minimum absolute atomic E-state index is 0.0360. The average molecular weight is 425 g/mol. The summed E-state index contributed by atoms with van der Waals surface area (Å²) in [5.41, 5.74) is 0.938. The fourth-order valence-electron chi connectivity index (χ4n) is 1.45. The van der Waals surface area contributed by atoms with Gasteiger partial charge in [-0.05, 0) is 70.1 Å². The molecule has 1 rings (SSSR count). The summed E-state index contributed by atoms with van der Waals surface area (Å²) >= 11 is 5.74. The van der Waals surface area contributed by atoms with E-state index >= 15 is 0 Å². The topological polar surface area (TPSA) is 41.1 Å². The predicted octanol–water partition coefficient (Wildman–Crippen LogP) is 3.77. The number of hydrogen-bond donors (Lipinski definition) is 2. The molecule has 3 nitrogen and oxygen atoms in total. The van der Waals surface area contributed by atoms with Crippen molar-refractivity contribution in [3.05, 3.63) is 26.2 Å². The molecule has 0 fully saturated rings. The number of hydrogen-bond acceptors (Lipinski definition) is 2. The summed E-state index contributed by atoms with van der Waals surface area (Å²) in [6.07, 6.45) is 2.11. The predicted molar refractivity (Wildman–Crippen MR) is 87.9 cm³/mol. The molecular weight excluding hydrogens is 407 g/mol. The summed E-state index contributed by atoms with van der Waals surface area (Å²) in [4.78, 5) is 11.8. The van der Waals surface area contributed by atoms with Gasteiger partial charge in [0, 0.05) is 20.3 Å². The fourth-order valence-corrected chi connectivity index (χ4v) is 2.86. The van der Waals surface area contributed by atoms with Crippen LogP contribution < -0.4 is 10.6 Å². The molecule has 0 saturated carbocycles. The monoisotopic (exact) mass is 424 g/mol. The number of amides is 1. The Bertz CT molecular complexity index is 412. The van der Waals surface area contributed by atoms with Crippen molar-refractivity contribution >= 4 is 50.1 Å². The molecule has 18 heavy (non-hydrogen) atoms. The molecule has 5 heteroatoms. The summed E-state index contributed by atoms with van der Waals surface area (Å²) in [7, 11) is 0. The van der Waals surface area contributed by atoms with Crippen LogP contribution in [0.2, 0.25) is 0 Å². The second-order valence-corrected chi connectivity index (χ2v) is 6.23. The Hall–Kier alpha value is -0.300. The number of carbonyl (C=O) groups is 1. The number of unbranched alkanes of at least 4 members (excludes halogenated alkanes) is 1. The fraction of sp³-hybridized carbons (Fsp3) is 0.462. The molecule has 0 aliphatic carbocycles. The number of rotatable bonds is 6. The minimum atomic E-state index is -0.238. The van der Waals surface area contributed by atoms with Crippen LogP contribution in [0.4, 0.5) is 5.69 Å². The van der Waals surface area contributed by atoms with Crippen LogP contribution in [0.1, 0.15) is 26.7 Å². The van der Waals surface area contributed by atoms with E-state index in [2.05, 4.69) is 56.1 Å². The molecule has 1 unspecified atom stereocenters. The normalized spacial score (nSPS) is 12.0. The van der Waals surface area contributed by atoms with Crippen molar-refractivity contribution < 1.29 is 4.79 Å². The standard InChI is InChI=1S/C13H18BrIN2O/c1-3-4-7-16-13(18)9(2)17-12-6-5-10(15)8-11(12)14/h5-6,8-9,17H,3-4,7H2,1-2H3,(H,16,18). The van der Waals surface area contributed by atoms with Crippen LogP contribution in [0.15, 0.2) is 22.7 Å². The van der Waals surface area contributed by atoms with Crippen LogP contribution in [0.25, 0.3) is 0 Å². The average Bonchev–Trinajstić information content (AvgIpc) is 2.32. The van der Waals surface area contributed by atoms with Gasteiger partial charge in [0.25, 0.3) is 0 Å². The number of halogens is 2. The molecule has 2 N–H and O–H groups in total. The van der Waals surface area contributed by atoms with Gasteiger partial charge in [0.1, 0.15) is 6.04 Å². The van der Waals surface area contributed by atoms with Crippen molar-refractivity contribution in [2.75, 3.05) is 11.9 Å². The molecule has 0 saturated heterocycles. The lowest BCUT2D eigenvalue weighted by atomic mass is 10.2. The van der Waals surface area contributed by atoms with Crippen LogP contribution in [0, 0.1) is 3.57 Å². The molecule has 0 radical (unpaired) electrons. The van der Waals surface area contributed by atoms with Gasteiger partial charge in [-0.25, -0.2) is 0 Å². The number of anilines is 1. The minimum Gasteiger partial charge on any atom is -0.373 e. The summed E-state index contributed by atoms with van der Waals surface area (Å²) in [5, 5.41) is 6.12. The first-order valence-corrected chi connectivity index (χ1v) is 7.91. The van der Waals surface area contributed by atoms with Gasteiger partial charge >= 0.3 is 0 Å². The van der Waals surface area contributed by atoms with Crippen LogP contribution in [0.5, 0.6) is 0 Å². The van der Waals surface area contributed by atoms with Gasteiger partial charge in [0.2, 0.25) is 5.91 Å². The Morgan fingerprint density at radius 2 is 2.22 bits per heavy atom. The van der Waals surface area contributed by atoms with Crippen molar-refractivity contribution in [2.45, 2.75) is 32.7 Å². The zero-order valence-electron chi connectivity index (χ0n) is 10.6. The lowest BCUT2D eigenvalue weighted by Crippen LogP contribution is -2.38. The maximum Gasteiger partial charge on any atom is 0.242 e. The molecule has 0 bridgehead atoms. The van der Waals surface area contributed by atoms with Crippen LogP contribution in [0.3, 0.4) is 0 Å². The van der Waals surface area contributed by atoms with Crippen molar-refractivity contribution in [1.82, 2.24) is 5.32 Å². The van der Waals surface area contributed by atoms with E-state index in [0.29, 0.717) is 0 Å². The molecule has 1 aromatic carbocycles. The number of nitrogens with one attached hydrogen (secondary N) is 2. The third-order valence-electron chi connectivity index (χ3n) is 2.53. The SMILES string of the molecule is CCCCNC(=O)C(C)Nc1ccc(I)cc1Br. The molecule has 100 valence electrons. The molecule has 0 spiro atoms. The van der Waals surface area contributed by atoms with Gasteiger partial charge in [0.15, 0.2) is 0 Å². The van der Waals surface area contributed by atoms with E-state index in [0.717, 1.165) is 33.1 Å². The highest BCUT2D eigenvalue weighted by atomic mass is 127. The lowest BCUT2D eigenvalue weighted by molar-refractivity contribution is -0.121. The maximum atomic E-state index is 11.8. The van der Waals surface area contributed by atoms with E-state index in [9.17, 15) is 4.79 Å². The van der Waals surface area contributed by atoms with Gasteiger partial charge in [-0.2, -0.15) is 0 Å². The Morgan fingerprint density at radius 3 is 2.83 bits per heavy atom. The number of benzene rings is 1.